The van der Waals surface area contributed by atoms with Crippen LogP contribution in [-0.2, 0) is 11.2 Å². The fraction of sp³-hybridized carbons (Fsp3) is 0.417. The standard InChI is InChI=1S/C12H15N3O2S2/c1-12(2,3)7-4-14-8(17-7)6-18-9-5-15-11(19-9)10(13)16/h4-5H,6H2,1-3H3,(H2,13,16). The van der Waals surface area contributed by atoms with Crippen LogP contribution in [0.25, 0.3) is 0 Å². The summed E-state index contributed by atoms with van der Waals surface area (Å²) in [6.07, 6.45) is 3.40. The van der Waals surface area contributed by atoms with Gasteiger partial charge in [-0.3, -0.25) is 4.79 Å². The zero-order chi connectivity index (χ0) is 14.0. The lowest BCUT2D eigenvalue weighted by molar-refractivity contribution is 0.1000. The maximum Gasteiger partial charge on any atom is 0.277 e. The molecular weight excluding hydrogens is 282 g/mol. The molecule has 7 heteroatoms. The fourth-order valence-electron chi connectivity index (χ4n) is 1.30. The molecule has 0 spiro atoms. The van der Waals surface area contributed by atoms with Gasteiger partial charge >= 0.3 is 0 Å². The molecule has 102 valence electrons. The Morgan fingerprint density at radius 1 is 1.42 bits per heavy atom. The van der Waals surface area contributed by atoms with Crippen molar-refractivity contribution in [3.8, 4) is 0 Å². The van der Waals surface area contributed by atoms with Gasteiger partial charge in [-0.2, -0.15) is 0 Å². The largest absolute Gasteiger partial charge is 0.444 e. The van der Waals surface area contributed by atoms with Gasteiger partial charge in [0.2, 0.25) is 5.89 Å². The molecule has 2 aromatic rings. The number of nitrogens with two attached hydrogens (primary N) is 1. The number of thiazole rings is 1. The second-order valence-corrected chi connectivity index (χ2v) is 7.31. The molecule has 0 aliphatic rings. The predicted octanol–water partition coefficient (Wildman–Crippen LogP) is 2.82. The molecule has 2 rings (SSSR count). The van der Waals surface area contributed by atoms with E-state index in [1.165, 1.54) is 23.1 Å². The number of nitrogens with zero attached hydrogens (tertiary/aromatic N) is 2. The highest BCUT2D eigenvalue weighted by atomic mass is 32.2. The molecule has 2 aromatic heterocycles. The van der Waals surface area contributed by atoms with Crippen LogP contribution in [0.5, 0.6) is 0 Å². The topological polar surface area (TPSA) is 82.0 Å². The molecule has 0 aromatic carbocycles. The van der Waals surface area contributed by atoms with Crippen molar-refractivity contribution in [1.82, 2.24) is 9.97 Å². The summed E-state index contributed by atoms with van der Waals surface area (Å²) in [4.78, 5) is 19.1. The molecule has 0 atom stereocenters. The lowest BCUT2D eigenvalue weighted by atomic mass is 9.94. The Balaban J connectivity index is 1.98. The van der Waals surface area contributed by atoms with Gasteiger partial charge in [0.15, 0.2) is 5.01 Å². The van der Waals surface area contributed by atoms with Crippen molar-refractivity contribution in [3.63, 3.8) is 0 Å². The van der Waals surface area contributed by atoms with E-state index in [2.05, 4.69) is 30.7 Å². The van der Waals surface area contributed by atoms with Crippen molar-refractivity contribution in [1.29, 1.82) is 0 Å². The number of aromatic nitrogens is 2. The van der Waals surface area contributed by atoms with Gasteiger partial charge in [-0.1, -0.05) is 20.8 Å². The average molecular weight is 297 g/mol. The highest BCUT2D eigenvalue weighted by Crippen LogP contribution is 2.29. The van der Waals surface area contributed by atoms with Crippen LogP contribution in [0.2, 0.25) is 0 Å². The van der Waals surface area contributed by atoms with Crippen molar-refractivity contribution in [2.45, 2.75) is 36.1 Å². The second-order valence-electron chi connectivity index (χ2n) is 5.01. The second kappa shape index (κ2) is 5.34. The maximum atomic E-state index is 10.9. The van der Waals surface area contributed by atoms with Crippen molar-refractivity contribution < 1.29 is 9.21 Å². The normalized spacial score (nSPS) is 11.7. The molecule has 19 heavy (non-hydrogen) atoms. The lowest BCUT2D eigenvalue weighted by Crippen LogP contribution is -2.09. The first-order valence-electron chi connectivity index (χ1n) is 5.70. The number of amides is 1. The Labute approximate surface area is 119 Å². The number of thioether (sulfide) groups is 1. The smallest absolute Gasteiger partial charge is 0.277 e. The van der Waals surface area contributed by atoms with Crippen LogP contribution in [0.15, 0.2) is 21.0 Å². The number of oxazole rings is 1. The van der Waals surface area contributed by atoms with Crippen LogP contribution in [0, 0.1) is 0 Å². The van der Waals surface area contributed by atoms with Gasteiger partial charge in [0.1, 0.15) is 5.76 Å². The third kappa shape index (κ3) is 3.57. The van der Waals surface area contributed by atoms with E-state index in [0.717, 1.165) is 9.97 Å². The first-order valence-corrected chi connectivity index (χ1v) is 7.50. The summed E-state index contributed by atoms with van der Waals surface area (Å²) in [5.74, 6) is 1.65. The van der Waals surface area contributed by atoms with Gasteiger partial charge in [-0.15, -0.1) is 23.1 Å². The average Bonchev–Trinajstić information content (AvgIpc) is 2.95. The summed E-state index contributed by atoms with van der Waals surface area (Å²) in [5, 5.41) is 0.324. The molecule has 2 N–H and O–H groups in total. The molecule has 0 bridgehead atoms. The third-order valence-electron chi connectivity index (χ3n) is 2.33. The molecule has 1 amide bonds. The van der Waals surface area contributed by atoms with Crippen molar-refractivity contribution >= 4 is 29.0 Å². The number of hydrogen-bond acceptors (Lipinski definition) is 6. The summed E-state index contributed by atoms with van der Waals surface area (Å²) in [5.41, 5.74) is 5.11. The van der Waals surface area contributed by atoms with Crippen LogP contribution in [0.1, 0.15) is 42.2 Å². The van der Waals surface area contributed by atoms with E-state index in [9.17, 15) is 4.79 Å². The van der Waals surface area contributed by atoms with E-state index in [4.69, 9.17) is 10.2 Å². The number of carbonyl (C=O) groups is 1. The number of hydrogen-bond donors (Lipinski definition) is 1. The lowest BCUT2D eigenvalue weighted by Gasteiger charge is -2.12. The van der Waals surface area contributed by atoms with E-state index in [1.807, 2.05) is 0 Å². The van der Waals surface area contributed by atoms with Crippen molar-refractivity contribution in [3.05, 3.63) is 29.1 Å². The van der Waals surface area contributed by atoms with Crippen LogP contribution in [-0.4, -0.2) is 15.9 Å². The minimum atomic E-state index is -0.497. The summed E-state index contributed by atoms with van der Waals surface area (Å²) < 4.78 is 6.61. The molecule has 2 heterocycles. The highest BCUT2D eigenvalue weighted by molar-refractivity contribution is 8.00. The minimum Gasteiger partial charge on any atom is -0.444 e. The zero-order valence-electron chi connectivity index (χ0n) is 11.0. The number of primary amides is 1. The van der Waals surface area contributed by atoms with Gasteiger partial charge in [-0.25, -0.2) is 9.97 Å². The van der Waals surface area contributed by atoms with Gasteiger partial charge < -0.3 is 10.2 Å². The minimum absolute atomic E-state index is 0.0421. The molecule has 0 saturated carbocycles. The molecule has 0 saturated heterocycles. The zero-order valence-corrected chi connectivity index (χ0v) is 12.6. The van der Waals surface area contributed by atoms with E-state index in [1.54, 1.807) is 12.4 Å². The highest BCUT2D eigenvalue weighted by Gasteiger charge is 2.19. The Hall–Kier alpha value is -1.34. The Morgan fingerprint density at radius 3 is 2.68 bits per heavy atom. The van der Waals surface area contributed by atoms with Crippen LogP contribution < -0.4 is 5.73 Å². The van der Waals surface area contributed by atoms with Gasteiger partial charge in [0.05, 0.1) is 22.4 Å². The quantitative estimate of drug-likeness (QED) is 0.877. The van der Waals surface area contributed by atoms with E-state index in [0.29, 0.717) is 16.7 Å². The molecular formula is C12H15N3O2S2. The third-order valence-corrected chi connectivity index (χ3v) is 4.52. The summed E-state index contributed by atoms with van der Waals surface area (Å²) in [6, 6.07) is 0. The van der Waals surface area contributed by atoms with Gasteiger partial charge in [0, 0.05) is 5.41 Å². The molecule has 5 nitrogen and oxygen atoms in total. The molecule has 0 radical (unpaired) electrons. The first-order chi connectivity index (χ1) is 8.86. The van der Waals surface area contributed by atoms with Crippen LogP contribution in [0.4, 0.5) is 0 Å². The van der Waals surface area contributed by atoms with E-state index in [-0.39, 0.29) is 5.41 Å². The van der Waals surface area contributed by atoms with E-state index < -0.39 is 5.91 Å². The summed E-state index contributed by atoms with van der Waals surface area (Å²) >= 11 is 2.81. The Bertz CT molecular complexity index is 584. The summed E-state index contributed by atoms with van der Waals surface area (Å²) in [6.45, 7) is 6.23. The van der Waals surface area contributed by atoms with E-state index >= 15 is 0 Å². The maximum absolute atomic E-state index is 10.9. The van der Waals surface area contributed by atoms with Crippen molar-refractivity contribution in [2.75, 3.05) is 0 Å². The monoisotopic (exact) mass is 297 g/mol. The molecule has 0 aliphatic heterocycles. The SMILES string of the molecule is CC(C)(C)c1cnc(CSc2cnc(C(N)=O)s2)o1. The van der Waals surface area contributed by atoms with Gasteiger partial charge in [-0.05, 0) is 0 Å². The molecule has 0 fully saturated rings. The predicted molar refractivity (Wildman–Crippen MR) is 75.4 cm³/mol. The number of carbonyl (C=O) groups excluding carboxylic acids is 1. The van der Waals surface area contributed by atoms with Crippen LogP contribution >= 0.6 is 23.1 Å². The van der Waals surface area contributed by atoms with Crippen LogP contribution in [0.3, 0.4) is 0 Å². The molecule has 0 aliphatic carbocycles. The van der Waals surface area contributed by atoms with Crippen molar-refractivity contribution in [2.24, 2.45) is 5.73 Å². The molecule has 0 unspecified atom stereocenters. The Kier molecular flexibility index (Phi) is 3.96. The Morgan fingerprint density at radius 2 is 2.16 bits per heavy atom. The van der Waals surface area contributed by atoms with Gasteiger partial charge in [0.25, 0.3) is 5.91 Å². The summed E-state index contributed by atoms with van der Waals surface area (Å²) in [7, 11) is 0. The number of rotatable bonds is 4. The first kappa shape index (κ1) is 14.1. The fourth-order valence-corrected chi connectivity index (χ4v) is 2.97.